The minimum Gasteiger partial charge on any atom is -0.350 e. The molecule has 4 rings (SSSR count). The molecular formula is C20H17N3OS. The van der Waals surface area contributed by atoms with E-state index in [4.69, 9.17) is 5.10 Å². The van der Waals surface area contributed by atoms with Crippen LogP contribution in [0, 0.1) is 0 Å². The van der Waals surface area contributed by atoms with Gasteiger partial charge in [-0.15, -0.1) is 11.3 Å². The lowest BCUT2D eigenvalue weighted by Gasteiger charge is -2.05. The van der Waals surface area contributed by atoms with Gasteiger partial charge in [-0.3, -0.25) is 9.48 Å². The fourth-order valence-electron chi connectivity index (χ4n) is 2.85. The van der Waals surface area contributed by atoms with E-state index in [2.05, 4.69) is 5.32 Å². The number of hydrogen-bond acceptors (Lipinski definition) is 3. The Morgan fingerprint density at radius 2 is 1.80 bits per heavy atom. The summed E-state index contributed by atoms with van der Waals surface area (Å²) in [4.78, 5) is 13.5. The first-order chi connectivity index (χ1) is 12.3. The van der Waals surface area contributed by atoms with Crippen molar-refractivity contribution in [2.24, 2.45) is 0 Å². The molecule has 2 heterocycles. The van der Waals surface area contributed by atoms with Crippen LogP contribution in [-0.2, 0) is 17.9 Å². The van der Waals surface area contributed by atoms with Gasteiger partial charge in [-0.2, -0.15) is 5.10 Å². The zero-order valence-electron chi connectivity index (χ0n) is 13.6. The van der Waals surface area contributed by atoms with Crippen molar-refractivity contribution >= 4 is 28.1 Å². The highest BCUT2D eigenvalue weighted by Crippen LogP contribution is 2.27. The Labute approximate surface area is 149 Å². The minimum absolute atomic E-state index is 0.0405. The molecule has 4 aromatic rings. The topological polar surface area (TPSA) is 46.9 Å². The van der Waals surface area contributed by atoms with Crippen molar-refractivity contribution in [1.82, 2.24) is 15.1 Å². The van der Waals surface area contributed by atoms with E-state index in [1.54, 1.807) is 16.0 Å². The molecule has 0 spiro atoms. The van der Waals surface area contributed by atoms with Crippen molar-refractivity contribution in [3.8, 4) is 11.3 Å². The van der Waals surface area contributed by atoms with Gasteiger partial charge < -0.3 is 5.32 Å². The molecule has 0 aliphatic rings. The van der Waals surface area contributed by atoms with Gasteiger partial charge in [-0.1, -0.05) is 54.6 Å². The van der Waals surface area contributed by atoms with Crippen molar-refractivity contribution in [2.75, 3.05) is 0 Å². The SMILES string of the molecule is O=C(Cn1nc(-c2ccccc2)c2ccccc21)NCc1cccs1. The number of para-hydroxylation sites is 1. The molecule has 0 fully saturated rings. The van der Waals surface area contributed by atoms with E-state index < -0.39 is 0 Å². The fourth-order valence-corrected chi connectivity index (χ4v) is 3.49. The maximum Gasteiger partial charge on any atom is 0.242 e. The van der Waals surface area contributed by atoms with Crippen LogP contribution in [0.2, 0.25) is 0 Å². The summed E-state index contributed by atoms with van der Waals surface area (Å²) in [5.41, 5.74) is 2.92. The van der Waals surface area contributed by atoms with Crippen LogP contribution in [0.5, 0.6) is 0 Å². The molecule has 1 N–H and O–H groups in total. The lowest BCUT2D eigenvalue weighted by molar-refractivity contribution is -0.121. The second kappa shape index (κ2) is 6.91. The molecule has 0 aliphatic heterocycles. The second-order valence-corrected chi connectivity index (χ2v) is 6.78. The molecule has 124 valence electrons. The van der Waals surface area contributed by atoms with Gasteiger partial charge in [0.15, 0.2) is 0 Å². The van der Waals surface area contributed by atoms with Crippen LogP contribution in [0.15, 0.2) is 72.1 Å². The third-order valence-corrected chi connectivity index (χ3v) is 4.91. The van der Waals surface area contributed by atoms with E-state index in [0.29, 0.717) is 6.54 Å². The minimum atomic E-state index is -0.0405. The van der Waals surface area contributed by atoms with Crippen LogP contribution in [0.3, 0.4) is 0 Å². The van der Waals surface area contributed by atoms with E-state index in [1.165, 1.54) is 0 Å². The Kier molecular flexibility index (Phi) is 4.31. The molecule has 2 aromatic carbocycles. The lowest BCUT2D eigenvalue weighted by atomic mass is 10.1. The molecule has 0 atom stereocenters. The molecular weight excluding hydrogens is 330 g/mol. The summed E-state index contributed by atoms with van der Waals surface area (Å²) in [6.45, 7) is 0.764. The zero-order chi connectivity index (χ0) is 17.1. The van der Waals surface area contributed by atoms with Gasteiger partial charge in [0, 0.05) is 15.8 Å². The normalized spacial score (nSPS) is 10.9. The summed E-state index contributed by atoms with van der Waals surface area (Å²) in [6.07, 6.45) is 0. The van der Waals surface area contributed by atoms with Crippen LogP contribution in [0.1, 0.15) is 4.88 Å². The molecule has 25 heavy (non-hydrogen) atoms. The van der Waals surface area contributed by atoms with Gasteiger partial charge in [0.1, 0.15) is 12.2 Å². The van der Waals surface area contributed by atoms with E-state index >= 15 is 0 Å². The maximum atomic E-state index is 12.3. The average Bonchev–Trinajstić information content (AvgIpc) is 3.29. The Balaban J connectivity index is 1.60. The van der Waals surface area contributed by atoms with Gasteiger partial charge >= 0.3 is 0 Å². The number of aromatic nitrogens is 2. The highest BCUT2D eigenvalue weighted by atomic mass is 32.1. The van der Waals surface area contributed by atoms with E-state index in [0.717, 1.165) is 27.0 Å². The number of amides is 1. The summed E-state index contributed by atoms with van der Waals surface area (Å²) < 4.78 is 1.78. The van der Waals surface area contributed by atoms with Gasteiger partial charge in [-0.05, 0) is 17.5 Å². The Bertz CT molecular complexity index is 990. The molecule has 5 heteroatoms. The number of carbonyl (C=O) groups is 1. The predicted octanol–water partition coefficient (Wildman–Crippen LogP) is 4.08. The average molecular weight is 347 g/mol. The summed E-state index contributed by atoms with van der Waals surface area (Å²) in [5, 5.41) is 10.7. The van der Waals surface area contributed by atoms with Crippen LogP contribution in [0.4, 0.5) is 0 Å². The van der Waals surface area contributed by atoms with E-state index in [1.807, 2.05) is 72.1 Å². The van der Waals surface area contributed by atoms with Crippen molar-refractivity contribution in [3.63, 3.8) is 0 Å². The number of thiophene rings is 1. The summed E-state index contributed by atoms with van der Waals surface area (Å²) in [5.74, 6) is -0.0405. The van der Waals surface area contributed by atoms with Gasteiger partial charge in [0.05, 0.1) is 12.1 Å². The maximum absolute atomic E-state index is 12.3. The number of fused-ring (bicyclic) bond motifs is 1. The first-order valence-electron chi connectivity index (χ1n) is 8.11. The van der Waals surface area contributed by atoms with Crippen molar-refractivity contribution in [1.29, 1.82) is 0 Å². The third kappa shape index (κ3) is 3.32. The monoisotopic (exact) mass is 347 g/mol. The first-order valence-corrected chi connectivity index (χ1v) is 8.99. The number of rotatable bonds is 5. The quantitative estimate of drug-likeness (QED) is 0.591. The molecule has 0 saturated heterocycles. The van der Waals surface area contributed by atoms with Crippen LogP contribution >= 0.6 is 11.3 Å². The number of nitrogens with zero attached hydrogens (tertiary/aromatic N) is 2. The molecule has 0 bridgehead atoms. The smallest absolute Gasteiger partial charge is 0.242 e. The summed E-state index contributed by atoms with van der Waals surface area (Å²) in [7, 11) is 0. The summed E-state index contributed by atoms with van der Waals surface area (Å²) >= 11 is 1.64. The standard InChI is InChI=1S/C20H17N3OS/c24-19(21-13-16-9-6-12-25-16)14-23-18-11-5-4-10-17(18)20(22-23)15-7-2-1-3-8-15/h1-12H,13-14H2,(H,21,24). The lowest BCUT2D eigenvalue weighted by Crippen LogP contribution is -2.27. The van der Waals surface area contributed by atoms with E-state index in [-0.39, 0.29) is 12.5 Å². The van der Waals surface area contributed by atoms with Crippen LogP contribution in [-0.4, -0.2) is 15.7 Å². The molecule has 0 aliphatic carbocycles. The van der Waals surface area contributed by atoms with Crippen LogP contribution in [0.25, 0.3) is 22.2 Å². The fraction of sp³-hybridized carbons (Fsp3) is 0.100. The van der Waals surface area contributed by atoms with Crippen LogP contribution < -0.4 is 5.32 Å². The Hall–Kier alpha value is -2.92. The van der Waals surface area contributed by atoms with Gasteiger partial charge in [0.25, 0.3) is 0 Å². The molecule has 0 saturated carbocycles. The molecule has 2 aromatic heterocycles. The number of carbonyl (C=O) groups excluding carboxylic acids is 1. The number of nitrogens with one attached hydrogen (secondary N) is 1. The second-order valence-electron chi connectivity index (χ2n) is 5.75. The first kappa shape index (κ1) is 15.6. The van der Waals surface area contributed by atoms with Crippen molar-refractivity contribution in [2.45, 2.75) is 13.1 Å². The largest absolute Gasteiger partial charge is 0.350 e. The van der Waals surface area contributed by atoms with Crippen molar-refractivity contribution < 1.29 is 4.79 Å². The van der Waals surface area contributed by atoms with E-state index in [9.17, 15) is 4.79 Å². The highest BCUT2D eigenvalue weighted by molar-refractivity contribution is 7.09. The number of hydrogen-bond donors (Lipinski definition) is 1. The third-order valence-electron chi connectivity index (χ3n) is 4.04. The van der Waals surface area contributed by atoms with Gasteiger partial charge in [0.2, 0.25) is 5.91 Å². The molecule has 0 unspecified atom stereocenters. The Morgan fingerprint density at radius 3 is 2.60 bits per heavy atom. The zero-order valence-corrected chi connectivity index (χ0v) is 14.4. The predicted molar refractivity (Wildman–Crippen MR) is 101 cm³/mol. The molecule has 1 amide bonds. The van der Waals surface area contributed by atoms with Crippen molar-refractivity contribution in [3.05, 3.63) is 77.0 Å². The van der Waals surface area contributed by atoms with Gasteiger partial charge in [-0.25, -0.2) is 0 Å². The Morgan fingerprint density at radius 1 is 1.00 bits per heavy atom. The number of benzene rings is 2. The molecule has 0 radical (unpaired) electrons. The summed E-state index contributed by atoms with van der Waals surface area (Å²) in [6, 6.07) is 22.1. The highest BCUT2D eigenvalue weighted by Gasteiger charge is 2.13. The molecule has 4 nitrogen and oxygen atoms in total.